The van der Waals surface area contributed by atoms with E-state index in [-0.39, 0.29) is 6.10 Å². The lowest BCUT2D eigenvalue weighted by Gasteiger charge is -2.36. The van der Waals surface area contributed by atoms with Crippen molar-refractivity contribution < 1.29 is 5.11 Å². The first-order chi connectivity index (χ1) is 13.1. The molecule has 1 fully saturated rings. The minimum absolute atomic E-state index is 0.293. The van der Waals surface area contributed by atoms with Crippen molar-refractivity contribution in [3.8, 4) is 0 Å². The van der Waals surface area contributed by atoms with Crippen molar-refractivity contribution in [3.63, 3.8) is 0 Å². The smallest absolute Gasteiger partial charge is 0.0815 e. The van der Waals surface area contributed by atoms with Gasteiger partial charge in [0.05, 0.1) is 6.10 Å². The van der Waals surface area contributed by atoms with Crippen molar-refractivity contribution in [2.45, 2.75) is 52.1 Å². The average molecular weight is 385 g/mol. The van der Waals surface area contributed by atoms with Gasteiger partial charge in [-0.3, -0.25) is 4.90 Å². The average Bonchev–Trinajstić information content (AvgIpc) is 3.03. The summed E-state index contributed by atoms with van der Waals surface area (Å²) >= 11 is 1.93. The summed E-state index contributed by atoms with van der Waals surface area (Å²) < 4.78 is 0. The normalized spacial score (nSPS) is 19.1. The van der Waals surface area contributed by atoms with Crippen LogP contribution >= 0.6 is 11.3 Å². The number of aliphatic hydroxyl groups is 1. The third kappa shape index (κ3) is 4.23. The van der Waals surface area contributed by atoms with Gasteiger partial charge in [0.1, 0.15) is 0 Å². The molecule has 146 valence electrons. The number of anilines is 1. The summed E-state index contributed by atoms with van der Waals surface area (Å²) in [6.07, 6.45) is 5.54. The van der Waals surface area contributed by atoms with Crippen LogP contribution in [0.25, 0.3) is 0 Å². The molecule has 1 atom stereocenters. The molecule has 1 unspecified atom stereocenters. The van der Waals surface area contributed by atoms with Gasteiger partial charge in [0, 0.05) is 48.2 Å². The van der Waals surface area contributed by atoms with Crippen molar-refractivity contribution in [3.05, 3.63) is 50.7 Å². The number of hydrogen-bond acceptors (Lipinski definition) is 4. The molecule has 0 spiro atoms. The number of fused-ring (bicyclic) bond motifs is 1. The SMILES string of the molecule is Cc1ccc(N2CCN(CCC(O)c3c(C)sc4c3CCCC4)CC2)cc1. The van der Waals surface area contributed by atoms with Crippen LogP contribution in [-0.4, -0.2) is 42.7 Å². The summed E-state index contributed by atoms with van der Waals surface area (Å²) in [5, 5.41) is 10.9. The fourth-order valence-corrected chi connectivity index (χ4v) is 5.92. The Morgan fingerprint density at radius 2 is 1.70 bits per heavy atom. The summed E-state index contributed by atoms with van der Waals surface area (Å²) in [7, 11) is 0. The molecule has 0 radical (unpaired) electrons. The van der Waals surface area contributed by atoms with E-state index in [2.05, 4.69) is 47.9 Å². The third-order valence-corrected chi connectivity index (χ3v) is 7.44. The molecule has 2 heterocycles. The Morgan fingerprint density at radius 3 is 2.44 bits per heavy atom. The topological polar surface area (TPSA) is 26.7 Å². The van der Waals surface area contributed by atoms with E-state index < -0.39 is 0 Å². The first-order valence-electron chi connectivity index (χ1n) is 10.4. The van der Waals surface area contributed by atoms with Crippen molar-refractivity contribution in [1.29, 1.82) is 0 Å². The van der Waals surface area contributed by atoms with Crippen molar-refractivity contribution >= 4 is 17.0 Å². The van der Waals surface area contributed by atoms with Gasteiger partial charge < -0.3 is 10.0 Å². The molecule has 1 aromatic heterocycles. The molecule has 4 heteroatoms. The summed E-state index contributed by atoms with van der Waals surface area (Å²) in [6.45, 7) is 9.65. The Balaban J connectivity index is 1.30. The number of hydrogen-bond donors (Lipinski definition) is 1. The summed E-state index contributed by atoms with van der Waals surface area (Å²) in [5.41, 5.74) is 5.41. The first-order valence-corrected chi connectivity index (χ1v) is 11.3. The zero-order chi connectivity index (χ0) is 18.8. The Hall–Kier alpha value is -1.36. The van der Waals surface area contributed by atoms with Crippen LogP contribution in [-0.2, 0) is 12.8 Å². The van der Waals surface area contributed by atoms with Gasteiger partial charge in [-0.1, -0.05) is 17.7 Å². The number of thiophene rings is 1. The lowest BCUT2D eigenvalue weighted by Crippen LogP contribution is -2.46. The minimum atomic E-state index is -0.293. The second kappa shape index (κ2) is 8.34. The van der Waals surface area contributed by atoms with Crippen molar-refractivity contribution in [2.24, 2.45) is 0 Å². The zero-order valence-corrected chi connectivity index (χ0v) is 17.5. The fraction of sp³-hybridized carbons (Fsp3) is 0.565. The van der Waals surface area contributed by atoms with Gasteiger partial charge in [0.15, 0.2) is 0 Å². The Kier molecular flexibility index (Phi) is 5.86. The number of aliphatic hydroxyl groups excluding tert-OH is 1. The Labute approximate surface area is 167 Å². The number of piperazine rings is 1. The molecule has 4 rings (SSSR count). The van der Waals surface area contributed by atoms with Crippen LogP contribution in [0.5, 0.6) is 0 Å². The maximum absolute atomic E-state index is 10.9. The number of nitrogens with zero attached hydrogens (tertiary/aromatic N) is 2. The van der Waals surface area contributed by atoms with E-state index >= 15 is 0 Å². The van der Waals surface area contributed by atoms with Gasteiger partial charge >= 0.3 is 0 Å². The monoisotopic (exact) mass is 384 g/mol. The Morgan fingerprint density at radius 1 is 1.00 bits per heavy atom. The molecular formula is C23H32N2OS. The lowest BCUT2D eigenvalue weighted by atomic mass is 9.91. The summed E-state index contributed by atoms with van der Waals surface area (Å²) in [5.74, 6) is 0. The van der Waals surface area contributed by atoms with Crippen LogP contribution in [0, 0.1) is 13.8 Å². The van der Waals surface area contributed by atoms with Crippen LogP contribution in [0.4, 0.5) is 5.69 Å². The fourth-order valence-electron chi connectivity index (χ4n) is 4.60. The van der Waals surface area contributed by atoms with E-state index in [4.69, 9.17) is 0 Å². The lowest BCUT2D eigenvalue weighted by molar-refractivity contribution is 0.138. The standard InChI is InChI=1S/C23H32N2OS/c1-17-7-9-19(10-8-17)25-15-13-24(14-16-25)12-11-21(26)23-18(2)27-22-6-4-3-5-20(22)23/h7-10,21,26H,3-6,11-16H2,1-2H3. The predicted octanol–water partition coefficient (Wildman–Crippen LogP) is 4.49. The zero-order valence-electron chi connectivity index (χ0n) is 16.7. The van der Waals surface area contributed by atoms with Crippen LogP contribution in [0.1, 0.15) is 51.8 Å². The Bertz CT molecular complexity index is 759. The second-order valence-corrected chi connectivity index (χ2v) is 9.46. The highest BCUT2D eigenvalue weighted by molar-refractivity contribution is 7.12. The van der Waals surface area contributed by atoms with Crippen LogP contribution in [0.2, 0.25) is 0 Å². The van der Waals surface area contributed by atoms with E-state index in [9.17, 15) is 5.11 Å². The molecule has 3 nitrogen and oxygen atoms in total. The van der Waals surface area contributed by atoms with E-state index in [0.29, 0.717) is 0 Å². The molecule has 1 aliphatic carbocycles. The van der Waals surface area contributed by atoms with Gasteiger partial charge in [-0.2, -0.15) is 0 Å². The van der Waals surface area contributed by atoms with E-state index in [1.807, 2.05) is 11.3 Å². The maximum atomic E-state index is 10.9. The molecule has 2 aromatic rings. The highest BCUT2D eigenvalue weighted by Crippen LogP contribution is 2.38. The van der Waals surface area contributed by atoms with Gasteiger partial charge in [-0.05, 0) is 69.2 Å². The summed E-state index contributed by atoms with van der Waals surface area (Å²) in [4.78, 5) is 7.88. The predicted molar refractivity (Wildman–Crippen MR) is 115 cm³/mol. The summed E-state index contributed by atoms with van der Waals surface area (Å²) in [6, 6.07) is 8.86. The largest absolute Gasteiger partial charge is 0.388 e. The first kappa shape index (κ1) is 19.0. The van der Waals surface area contributed by atoms with Gasteiger partial charge in [0.2, 0.25) is 0 Å². The molecule has 2 aliphatic rings. The molecule has 1 N–H and O–H groups in total. The number of rotatable bonds is 5. The van der Waals surface area contributed by atoms with Gasteiger partial charge in [-0.15, -0.1) is 11.3 Å². The number of benzene rings is 1. The van der Waals surface area contributed by atoms with E-state index in [1.165, 1.54) is 52.9 Å². The van der Waals surface area contributed by atoms with Crippen LogP contribution in [0.3, 0.4) is 0 Å². The molecule has 1 aromatic carbocycles. The third-order valence-electron chi connectivity index (χ3n) is 6.22. The molecule has 1 aliphatic heterocycles. The molecular weight excluding hydrogens is 352 g/mol. The van der Waals surface area contributed by atoms with Crippen LogP contribution < -0.4 is 4.90 Å². The minimum Gasteiger partial charge on any atom is -0.388 e. The van der Waals surface area contributed by atoms with Gasteiger partial charge in [-0.25, -0.2) is 0 Å². The highest BCUT2D eigenvalue weighted by atomic mass is 32.1. The second-order valence-electron chi connectivity index (χ2n) is 8.15. The van der Waals surface area contributed by atoms with Gasteiger partial charge in [0.25, 0.3) is 0 Å². The molecule has 0 saturated carbocycles. The highest BCUT2D eigenvalue weighted by Gasteiger charge is 2.24. The van der Waals surface area contributed by atoms with Crippen LogP contribution in [0.15, 0.2) is 24.3 Å². The molecule has 1 saturated heterocycles. The number of aryl methyl sites for hydroxylation is 3. The van der Waals surface area contributed by atoms with E-state index in [0.717, 1.165) is 39.1 Å². The van der Waals surface area contributed by atoms with Crippen molar-refractivity contribution in [1.82, 2.24) is 4.90 Å². The quantitative estimate of drug-likeness (QED) is 0.823. The molecule has 0 bridgehead atoms. The van der Waals surface area contributed by atoms with Crippen molar-refractivity contribution in [2.75, 3.05) is 37.6 Å². The molecule has 0 amide bonds. The molecule has 27 heavy (non-hydrogen) atoms. The maximum Gasteiger partial charge on any atom is 0.0815 e. The van der Waals surface area contributed by atoms with E-state index in [1.54, 1.807) is 4.88 Å².